The van der Waals surface area contributed by atoms with E-state index in [1.165, 1.54) is 28.0 Å². The second-order valence-corrected chi connectivity index (χ2v) is 18.1. The van der Waals surface area contributed by atoms with E-state index in [-0.39, 0.29) is 10.6 Å². The van der Waals surface area contributed by atoms with Gasteiger partial charge < -0.3 is 9.66 Å². The van der Waals surface area contributed by atoms with Gasteiger partial charge in [0.15, 0.2) is 0 Å². The Labute approximate surface area is 247 Å². The van der Waals surface area contributed by atoms with Gasteiger partial charge in [-0.05, 0) is 73.2 Å². The molecule has 0 bridgehead atoms. The Balaban J connectivity index is 0.000000229. The molecule has 0 amide bonds. The van der Waals surface area contributed by atoms with Crippen molar-refractivity contribution in [2.45, 2.75) is 76.8 Å². The highest BCUT2D eigenvalue weighted by molar-refractivity contribution is 7.96. The maximum atomic E-state index is 11.3. The second-order valence-electron chi connectivity index (χ2n) is 12.6. The van der Waals surface area contributed by atoms with Crippen LogP contribution in [-0.2, 0) is 20.9 Å². The average molecular weight is 591 g/mol. The number of hydrogen-bond acceptors (Lipinski definition) is 4. The van der Waals surface area contributed by atoms with Gasteiger partial charge in [-0.2, -0.15) is 0 Å². The van der Waals surface area contributed by atoms with E-state index in [0.29, 0.717) is 16.8 Å². The lowest BCUT2D eigenvalue weighted by Gasteiger charge is -2.31. The van der Waals surface area contributed by atoms with Gasteiger partial charge in [0.1, 0.15) is 39.0 Å². The van der Waals surface area contributed by atoms with Gasteiger partial charge in [-0.25, -0.2) is 8.42 Å². The molecule has 0 unspecified atom stereocenters. The molecule has 0 radical (unpaired) electrons. The molecule has 0 heterocycles. The summed E-state index contributed by atoms with van der Waals surface area (Å²) >= 11 is 0. The van der Waals surface area contributed by atoms with Gasteiger partial charge in [0, 0.05) is 11.1 Å². The number of phenolic OH excluding ortho intramolecular Hbond substituents is 1. The summed E-state index contributed by atoms with van der Waals surface area (Å²) in [5.41, 5.74) is 0.582. The van der Waals surface area contributed by atoms with Crippen molar-refractivity contribution in [1.82, 2.24) is 0 Å². The first-order valence-corrected chi connectivity index (χ1v) is 17.2. The van der Waals surface area contributed by atoms with Crippen LogP contribution in [0, 0.1) is 0 Å². The molecule has 0 spiro atoms. The van der Waals surface area contributed by atoms with Crippen LogP contribution >= 0.6 is 7.26 Å². The van der Waals surface area contributed by atoms with Crippen molar-refractivity contribution < 1.29 is 18.1 Å². The van der Waals surface area contributed by atoms with Crippen LogP contribution in [0.5, 0.6) is 5.75 Å². The summed E-state index contributed by atoms with van der Waals surface area (Å²) in [6, 6.07) is 35.6. The predicted octanol–water partition coefficient (Wildman–Crippen LogP) is 7.28. The number of aromatic hydroxyl groups is 1. The Kier molecular flexibility index (Phi) is 9.91. The van der Waals surface area contributed by atoms with E-state index in [9.17, 15) is 18.1 Å². The van der Waals surface area contributed by atoms with E-state index in [1.807, 2.05) is 41.5 Å². The minimum Gasteiger partial charge on any atom is -0.744 e. The number of hydrogen-bond donors (Lipinski definition) is 1. The van der Waals surface area contributed by atoms with Gasteiger partial charge >= 0.3 is 0 Å². The molecule has 0 saturated carbocycles. The topological polar surface area (TPSA) is 77.4 Å². The second kappa shape index (κ2) is 12.5. The van der Waals surface area contributed by atoms with Gasteiger partial charge in [0.2, 0.25) is 0 Å². The van der Waals surface area contributed by atoms with Crippen LogP contribution in [-0.4, -0.2) is 23.7 Å². The van der Waals surface area contributed by atoms with Crippen molar-refractivity contribution in [2.75, 3.05) is 0 Å². The fourth-order valence-electron chi connectivity index (χ4n) is 5.23. The van der Waals surface area contributed by atoms with Gasteiger partial charge in [-0.1, -0.05) is 96.1 Å². The Morgan fingerprint density at radius 3 is 1.15 bits per heavy atom. The highest BCUT2D eigenvalue weighted by Crippen LogP contribution is 2.59. The molecule has 6 heteroatoms. The summed E-state index contributed by atoms with van der Waals surface area (Å²) in [5.74, 6) is 0.0624. The standard InChI is InChI=1S/C21H22P.C14H22O4S/c1-18(2)22(19-12-6-3-7-13-19,20-14-8-4-9-15-20)21-16-10-5-11-17-21;1-13(2,3)10-7-9(19(16,17)18)8-11(12(10)15)14(4,5)6/h3-18H,1-2H3;7-8,15H,1-6H3,(H,16,17,18)/q+1;/p-1. The van der Waals surface area contributed by atoms with Gasteiger partial charge in [-0.3, -0.25) is 0 Å². The quantitative estimate of drug-likeness (QED) is 0.196. The third-order valence-electron chi connectivity index (χ3n) is 7.25. The molecule has 4 rings (SSSR count). The Morgan fingerprint density at radius 2 is 0.927 bits per heavy atom. The minimum absolute atomic E-state index is 0.0624. The van der Waals surface area contributed by atoms with E-state index in [1.54, 1.807) is 0 Å². The first kappa shape index (κ1) is 32.5. The molecule has 218 valence electrons. The third-order valence-corrected chi connectivity index (χ3v) is 13.0. The van der Waals surface area contributed by atoms with Crippen molar-refractivity contribution in [2.24, 2.45) is 0 Å². The van der Waals surface area contributed by atoms with Crippen molar-refractivity contribution in [3.8, 4) is 5.75 Å². The molecule has 41 heavy (non-hydrogen) atoms. The lowest BCUT2D eigenvalue weighted by Crippen LogP contribution is -2.36. The highest BCUT2D eigenvalue weighted by atomic mass is 32.2. The van der Waals surface area contributed by atoms with Crippen LogP contribution in [0.25, 0.3) is 0 Å². The first-order chi connectivity index (χ1) is 19.0. The highest BCUT2D eigenvalue weighted by Gasteiger charge is 2.48. The third kappa shape index (κ3) is 7.27. The zero-order chi connectivity index (χ0) is 30.6. The molecule has 0 aliphatic carbocycles. The molecule has 0 aliphatic heterocycles. The molecule has 4 nitrogen and oxygen atoms in total. The zero-order valence-corrected chi connectivity index (χ0v) is 27.1. The van der Waals surface area contributed by atoms with Crippen LogP contribution < -0.4 is 15.9 Å². The number of benzene rings is 4. The predicted molar refractivity (Wildman–Crippen MR) is 174 cm³/mol. The fourth-order valence-corrected chi connectivity index (χ4v) is 10.4. The molecular weight excluding hydrogens is 547 g/mol. The Bertz CT molecular complexity index is 1400. The molecule has 4 aromatic carbocycles. The molecule has 1 N–H and O–H groups in total. The van der Waals surface area contributed by atoms with Crippen molar-refractivity contribution in [3.05, 3.63) is 114 Å². The first-order valence-electron chi connectivity index (χ1n) is 13.9. The van der Waals surface area contributed by atoms with Gasteiger partial charge in [-0.15, -0.1) is 0 Å². The Morgan fingerprint density at radius 1 is 0.634 bits per heavy atom. The summed E-state index contributed by atoms with van der Waals surface area (Å²) in [7, 11) is -6.17. The van der Waals surface area contributed by atoms with Gasteiger partial charge in [0.25, 0.3) is 0 Å². The van der Waals surface area contributed by atoms with Crippen LogP contribution in [0.4, 0.5) is 0 Å². The van der Waals surface area contributed by atoms with Crippen molar-refractivity contribution >= 4 is 33.3 Å². The lowest BCUT2D eigenvalue weighted by molar-refractivity contribution is 0.420. The average Bonchev–Trinajstić information content (AvgIpc) is 2.89. The van der Waals surface area contributed by atoms with E-state index < -0.39 is 28.2 Å². The summed E-state index contributed by atoms with van der Waals surface area (Å²) in [6.45, 7) is 15.9. The largest absolute Gasteiger partial charge is 0.744 e. The number of rotatable bonds is 5. The van der Waals surface area contributed by atoms with E-state index in [0.717, 1.165) is 0 Å². The lowest BCUT2D eigenvalue weighted by atomic mass is 9.79. The van der Waals surface area contributed by atoms with Crippen LogP contribution in [0.2, 0.25) is 0 Å². The number of phenols is 1. The SMILES string of the molecule is CC(C)(C)c1cc(S(=O)(=O)[O-])cc(C(C)(C)C)c1O.CC(C)[P+](c1ccccc1)(c1ccccc1)c1ccccc1. The normalized spacial score (nSPS) is 12.5. The van der Waals surface area contributed by atoms with Crippen molar-refractivity contribution in [1.29, 1.82) is 0 Å². The Hall–Kier alpha value is -2.98. The smallest absolute Gasteiger partial charge is 0.124 e. The van der Waals surface area contributed by atoms with Gasteiger partial charge in [0.05, 0.1) is 10.6 Å². The molecule has 4 aromatic rings. The molecule has 0 aromatic heterocycles. The van der Waals surface area contributed by atoms with E-state index in [4.69, 9.17) is 0 Å². The molecular formula is C35H43O4PS. The monoisotopic (exact) mass is 590 g/mol. The van der Waals surface area contributed by atoms with Crippen LogP contribution in [0.15, 0.2) is 108 Å². The zero-order valence-electron chi connectivity index (χ0n) is 25.4. The minimum atomic E-state index is -4.55. The van der Waals surface area contributed by atoms with Crippen LogP contribution in [0.3, 0.4) is 0 Å². The van der Waals surface area contributed by atoms with Crippen LogP contribution in [0.1, 0.15) is 66.5 Å². The molecule has 0 fully saturated rings. The molecule has 0 saturated heterocycles. The van der Waals surface area contributed by atoms with E-state index >= 15 is 0 Å². The summed E-state index contributed by atoms with van der Waals surface area (Å²) in [5, 5.41) is 14.7. The molecule has 0 atom stereocenters. The summed E-state index contributed by atoms with van der Waals surface area (Å²) < 4.78 is 33.8. The van der Waals surface area contributed by atoms with E-state index in [2.05, 4.69) is 105 Å². The summed E-state index contributed by atoms with van der Waals surface area (Å²) in [6.07, 6.45) is 0. The molecule has 0 aliphatic rings. The summed E-state index contributed by atoms with van der Waals surface area (Å²) in [4.78, 5) is -0.292. The van der Waals surface area contributed by atoms with Crippen molar-refractivity contribution in [3.63, 3.8) is 0 Å². The maximum Gasteiger partial charge on any atom is 0.124 e. The fraction of sp³-hybridized carbons (Fsp3) is 0.314. The maximum absolute atomic E-state index is 11.3.